The predicted octanol–water partition coefficient (Wildman–Crippen LogP) is 0.204. The molecule has 2 fully saturated rings. The number of rotatable bonds is 6. The van der Waals surface area contributed by atoms with Crippen molar-refractivity contribution in [3.63, 3.8) is 0 Å². The molecule has 2 aliphatic rings. The lowest BCUT2D eigenvalue weighted by molar-refractivity contribution is -0.135. The highest BCUT2D eigenvalue weighted by atomic mass is 35.5. The average Bonchev–Trinajstić information content (AvgIpc) is 3.29. The standard InChI is InChI=1S/C15H28N4O2.ClH/c1-3-11(2)14(16)15(21)19-8-6-18(7-9-19)10-13(20)17-12-4-5-12;/h11-12,14H,3-10,16H2,1-2H3,(H,17,20);1H. The number of amides is 2. The van der Waals surface area contributed by atoms with Gasteiger partial charge >= 0.3 is 0 Å². The van der Waals surface area contributed by atoms with Crippen LogP contribution in [0.2, 0.25) is 0 Å². The molecule has 7 heteroatoms. The van der Waals surface area contributed by atoms with E-state index in [4.69, 9.17) is 5.73 Å². The molecule has 0 bridgehead atoms. The quantitative estimate of drug-likeness (QED) is 0.728. The van der Waals surface area contributed by atoms with Crippen molar-refractivity contribution in [2.45, 2.75) is 45.2 Å². The Bertz CT molecular complexity index is 382. The van der Waals surface area contributed by atoms with E-state index in [2.05, 4.69) is 10.2 Å². The summed E-state index contributed by atoms with van der Waals surface area (Å²) in [7, 11) is 0. The van der Waals surface area contributed by atoms with Crippen molar-refractivity contribution < 1.29 is 9.59 Å². The number of hydrogen-bond donors (Lipinski definition) is 2. The average molecular weight is 333 g/mol. The van der Waals surface area contributed by atoms with Crippen molar-refractivity contribution in [1.82, 2.24) is 15.1 Å². The van der Waals surface area contributed by atoms with Crippen LogP contribution < -0.4 is 11.1 Å². The Morgan fingerprint density at radius 1 is 1.23 bits per heavy atom. The van der Waals surface area contributed by atoms with Crippen LogP contribution in [0.4, 0.5) is 0 Å². The lowest BCUT2D eigenvalue weighted by atomic mass is 9.98. The maximum Gasteiger partial charge on any atom is 0.239 e. The molecule has 0 radical (unpaired) electrons. The second-order valence-corrected chi connectivity index (χ2v) is 6.35. The van der Waals surface area contributed by atoms with Crippen LogP contribution in [0.15, 0.2) is 0 Å². The van der Waals surface area contributed by atoms with E-state index in [1.165, 1.54) is 0 Å². The maximum absolute atomic E-state index is 12.3. The second-order valence-electron chi connectivity index (χ2n) is 6.35. The summed E-state index contributed by atoms with van der Waals surface area (Å²) >= 11 is 0. The summed E-state index contributed by atoms with van der Waals surface area (Å²) in [4.78, 5) is 28.0. The van der Waals surface area contributed by atoms with Gasteiger partial charge in [-0.1, -0.05) is 20.3 Å². The molecule has 22 heavy (non-hydrogen) atoms. The van der Waals surface area contributed by atoms with Gasteiger partial charge in [0.15, 0.2) is 0 Å². The molecule has 1 aliphatic carbocycles. The first kappa shape index (κ1) is 19.2. The zero-order valence-corrected chi connectivity index (χ0v) is 14.4. The molecule has 0 spiro atoms. The van der Waals surface area contributed by atoms with Crippen LogP contribution in [0.25, 0.3) is 0 Å². The van der Waals surface area contributed by atoms with E-state index >= 15 is 0 Å². The molecule has 6 nitrogen and oxygen atoms in total. The van der Waals surface area contributed by atoms with Crippen LogP contribution in [-0.2, 0) is 9.59 Å². The molecule has 2 unspecified atom stereocenters. The summed E-state index contributed by atoms with van der Waals surface area (Å²) in [5, 5.41) is 2.99. The van der Waals surface area contributed by atoms with Crippen molar-refractivity contribution in [3.05, 3.63) is 0 Å². The van der Waals surface area contributed by atoms with E-state index in [-0.39, 0.29) is 30.1 Å². The van der Waals surface area contributed by atoms with Crippen LogP contribution >= 0.6 is 12.4 Å². The zero-order chi connectivity index (χ0) is 15.4. The number of halogens is 1. The number of nitrogens with zero attached hydrogens (tertiary/aromatic N) is 2. The molecular weight excluding hydrogens is 304 g/mol. The van der Waals surface area contributed by atoms with Crippen LogP contribution in [0.3, 0.4) is 0 Å². The van der Waals surface area contributed by atoms with Crippen molar-refractivity contribution in [3.8, 4) is 0 Å². The third-order valence-corrected chi connectivity index (χ3v) is 4.54. The Kier molecular flexibility index (Phi) is 7.59. The topological polar surface area (TPSA) is 78.7 Å². The van der Waals surface area contributed by atoms with Crippen LogP contribution in [0.5, 0.6) is 0 Å². The van der Waals surface area contributed by atoms with Crippen molar-refractivity contribution >= 4 is 24.2 Å². The number of carbonyl (C=O) groups excluding carboxylic acids is 2. The van der Waals surface area contributed by atoms with E-state index in [0.717, 1.165) is 32.4 Å². The first-order chi connectivity index (χ1) is 10.0. The number of carbonyl (C=O) groups is 2. The monoisotopic (exact) mass is 332 g/mol. The summed E-state index contributed by atoms with van der Waals surface area (Å²) in [5.41, 5.74) is 6.01. The van der Waals surface area contributed by atoms with E-state index in [1.807, 2.05) is 18.7 Å². The molecule has 2 atom stereocenters. The lowest BCUT2D eigenvalue weighted by Crippen LogP contribution is -2.55. The van der Waals surface area contributed by atoms with E-state index in [1.54, 1.807) is 0 Å². The lowest BCUT2D eigenvalue weighted by Gasteiger charge is -2.36. The molecule has 0 aromatic rings. The van der Waals surface area contributed by atoms with Gasteiger partial charge < -0.3 is 16.0 Å². The molecule has 1 saturated carbocycles. The Morgan fingerprint density at radius 2 is 1.82 bits per heavy atom. The molecule has 1 heterocycles. The molecule has 1 saturated heterocycles. The first-order valence-electron chi connectivity index (χ1n) is 8.07. The Hall–Kier alpha value is -0.850. The molecule has 128 valence electrons. The van der Waals surface area contributed by atoms with Gasteiger partial charge in [-0.05, 0) is 18.8 Å². The third-order valence-electron chi connectivity index (χ3n) is 4.54. The van der Waals surface area contributed by atoms with Gasteiger partial charge in [-0.3, -0.25) is 14.5 Å². The van der Waals surface area contributed by atoms with E-state index < -0.39 is 6.04 Å². The molecule has 0 aromatic carbocycles. The summed E-state index contributed by atoms with van der Waals surface area (Å²) in [6, 6.07) is 0.00797. The van der Waals surface area contributed by atoms with Gasteiger partial charge in [0, 0.05) is 32.2 Å². The Morgan fingerprint density at radius 3 is 2.32 bits per heavy atom. The number of piperazine rings is 1. The van der Waals surface area contributed by atoms with Crippen LogP contribution in [0.1, 0.15) is 33.1 Å². The second kappa shape index (κ2) is 8.70. The predicted molar refractivity (Wildman–Crippen MR) is 88.9 cm³/mol. The summed E-state index contributed by atoms with van der Waals surface area (Å²) < 4.78 is 0. The van der Waals surface area contributed by atoms with Crippen molar-refractivity contribution in [1.29, 1.82) is 0 Å². The molecule has 3 N–H and O–H groups in total. The van der Waals surface area contributed by atoms with Crippen molar-refractivity contribution in [2.75, 3.05) is 32.7 Å². The number of nitrogens with one attached hydrogen (secondary N) is 1. The smallest absolute Gasteiger partial charge is 0.239 e. The third kappa shape index (κ3) is 5.41. The molecule has 2 rings (SSSR count). The van der Waals surface area contributed by atoms with Gasteiger partial charge in [0.1, 0.15) is 0 Å². The van der Waals surface area contributed by atoms with Gasteiger partial charge in [-0.15, -0.1) is 12.4 Å². The maximum atomic E-state index is 12.3. The minimum absolute atomic E-state index is 0. The zero-order valence-electron chi connectivity index (χ0n) is 13.6. The number of nitrogens with two attached hydrogens (primary N) is 1. The van der Waals surface area contributed by atoms with Gasteiger partial charge in [0.25, 0.3) is 0 Å². The first-order valence-corrected chi connectivity index (χ1v) is 8.07. The Balaban J connectivity index is 0.00000242. The minimum Gasteiger partial charge on any atom is -0.352 e. The summed E-state index contributed by atoms with van der Waals surface area (Å²) in [6.45, 7) is 7.33. The van der Waals surface area contributed by atoms with Gasteiger partial charge in [-0.2, -0.15) is 0 Å². The fraction of sp³-hybridized carbons (Fsp3) is 0.867. The largest absolute Gasteiger partial charge is 0.352 e. The highest BCUT2D eigenvalue weighted by Crippen LogP contribution is 2.18. The fourth-order valence-electron chi connectivity index (χ4n) is 2.54. The van der Waals surface area contributed by atoms with Crippen LogP contribution in [-0.4, -0.2) is 66.4 Å². The SMILES string of the molecule is CCC(C)C(N)C(=O)N1CCN(CC(=O)NC2CC2)CC1.Cl. The van der Waals surface area contributed by atoms with Crippen molar-refractivity contribution in [2.24, 2.45) is 11.7 Å². The van der Waals surface area contributed by atoms with Gasteiger partial charge in [0.2, 0.25) is 11.8 Å². The Labute approximate surface area is 139 Å². The van der Waals surface area contributed by atoms with Gasteiger partial charge in [0.05, 0.1) is 12.6 Å². The van der Waals surface area contributed by atoms with E-state index in [0.29, 0.717) is 25.7 Å². The highest BCUT2D eigenvalue weighted by molar-refractivity contribution is 5.85. The van der Waals surface area contributed by atoms with E-state index in [9.17, 15) is 9.59 Å². The number of hydrogen-bond acceptors (Lipinski definition) is 4. The molecule has 1 aliphatic heterocycles. The highest BCUT2D eigenvalue weighted by Gasteiger charge is 2.29. The normalized spacial score (nSPS) is 21.7. The summed E-state index contributed by atoms with van der Waals surface area (Å²) in [6.07, 6.45) is 3.14. The molecule has 2 amide bonds. The van der Waals surface area contributed by atoms with Gasteiger partial charge in [-0.25, -0.2) is 0 Å². The van der Waals surface area contributed by atoms with Crippen LogP contribution in [0, 0.1) is 5.92 Å². The molecular formula is C15H29ClN4O2. The fourth-order valence-corrected chi connectivity index (χ4v) is 2.54. The minimum atomic E-state index is -0.403. The molecule has 0 aromatic heterocycles. The summed E-state index contributed by atoms with van der Waals surface area (Å²) in [5.74, 6) is 0.361.